The summed E-state index contributed by atoms with van der Waals surface area (Å²) in [5.41, 5.74) is 5.85. The lowest BCUT2D eigenvalue weighted by Gasteiger charge is -2.22. The van der Waals surface area contributed by atoms with Crippen LogP contribution in [0.2, 0.25) is 0 Å². The van der Waals surface area contributed by atoms with Crippen molar-refractivity contribution in [1.82, 2.24) is 0 Å². The molecule has 0 aliphatic rings. The number of nitrogens with zero attached hydrogens (tertiary/aromatic N) is 1. The van der Waals surface area contributed by atoms with Gasteiger partial charge in [-0.2, -0.15) is 13.2 Å². The zero-order valence-electron chi connectivity index (χ0n) is 10.8. The van der Waals surface area contributed by atoms with Crippen molar-refractivity contribution >= 4 is 23.3 Å². The maximum Gasteiger partial charge on any atom is 0.411 e. The van der Waals surface area contributed by atoms with Crippen LogP contribution in [0.25, 0.3) is 0 Å². The summed E-state index contributed by atoms with van der Waals surface area (Å²) >= 11 is 0. The molecule has 0 atom stereocenters. The Morgan fingerprint density at radius 1 is 1.29 bits per heavy atom. The van der Waals surface area contributed by atoms with Gasteiger partial charge in [-0.15, -0.1) is 0 Å². The van der Waals surface area contributed by atoms with Crippen LogP contribution in [-0.2, 0) is 14.3 Å². The largest absolute Gasteiger partial charge is 0.480 e. The van der Waals surface area contributed by atoms with Gasteiger partial charge in [0, 0.05) is 0 Å². The molecule has 0 spiro atoms. The van der Waals surface area contributed by atoms with Crippen LogP contribution in [0, 0.1) is 0 Å². The highest BCUT2D eigenvalue weighted by Crippen LogP contribution is 2.22. The van der Waals surface area contributed by atoms with Gasteiger partial charge in [0.25, 0.3) is 5.91 Å². The zero-order valence-corrected chi connectivity index (χ0v) is 10.8. The number of para-hydroxylation sites is 2. The fourth-order valence-electron chi connectivity index (χ4n) is 1.51. The summed E-state index contributed by atoms with van der Waals surface area (Å²) in [6.07, 6.45) is -4.57. The number of hydrogen-bond donors (Lipinski definition) is 2. The van der Waals surface area contributed by atoms with Crippen LogP contribution >= 0.6 is 0 Å². The second kappa shape index (κ2) is 6.93. The zero-order chi connectivity index (χ0) is 16.0. The fourth-order valence-corrected chi connectivity index (χ4v) is 1.51. The molecule has 3 N–H and O–H groups in total. The minimum Gasteiger partial charge on any atom is -0.480 e. The van der Waals surface area contributed by atoms with Gasteiger partial charge in [-0.1, -0.05) is 12.1 Å². The number of rotatable bonds is 6. The van der Waals surface area contributed by atoms with Crippen LogP contribution in [0.4, 0.5) is 24.5 Å². The summed E-state index contributed by atoms with van der Waals surface area (Å²) in [5, 5.41) is 8.78. The first-order valence-electron chi connectivity index (χ1n) is 5.72. The van der Waals surface area contributed by atoms with Gasteiger partial charge < -0.3 is 15.6 Å². The van der Waals surface area contributed by atoms with Gasteiger partial charge in [0.05, 0.1) is 11.4 Å². The second-order valence-corrected chi connectivity index (χ2v) is 4.04. The maximum atomic E-state index is 11.9. The molecule has 21 heavy (non-hydrogen) atoms. The molecule has 0 aromatic heterocycles. The van der Waals surface area contributed by atoms with E-state index < -0.39 is 37.8 Å². The topological polar surface area (TPSA) is 92.9 Å². The number of amides is 1. The summed E-state index contributed by atoms with van der Waals surface area (Å²) in [7, 11) is 0. The van der Waals surface area contributed by atoms with Crippen molar-refractivity contribution in [2.45, 2.75) is 6.18 Å². The maximum absolute atomic E-state index is 11.9. The van der Waals surface area contributed by atoms with Crippen molar-refractivity contribution in [2.75, 3.05) is 30.4 Å². The van der Waals surface area contributed by atoms with Crippen molar-refractivity contribution in [1.29, 1.82) is 0 Å². The highest BCUT2D eigenvalue weighted by atomic mass is 19.4. The average Bonchev–Trinajstić information content (AvgIpc) is 2.35. The van der Waals surface area contributed by atoms with Crippen LogP contribution in [0.5, 0.6) is 0 Å². The summed E-state index contributed by atoms with van der Waals surface area (Å²) in [6, 6.07) is 5.92. The smallest absolute Gasteiger partial charge is 0.411 e. The van der Waals surface area contributed by atoms with Gasteiger partial charge in [-0.3, -0.25) is 14.5 Å². The SMILES string of the molecule is Nc1ccccc1N(CC(=O)O)C(=O)COCC(F)(F)F. The summed E-state index contributed by atoms with van der Waals surface area (Å²) in [5.74, 6) is -2.26. The first-order chi connectivity index (χ1) is 9.70. The molecule has 6 nitrogen and oxygen atoms in total. The molecule has 0 fully saturated rings. The lowest BCUT2D eigenvalue weighted by Crippen LogP contribution is -2.39. The average molecular weight is 306 g/mol. The van der Waals surface area contributed by atoms with E-state index in [1.54, 1.807) is 6.07 Å². The van der Waals surface area contributed by atoms with E-state index in [4.69, 9.17) is 10.8 Å². The van der Waals surface area contributed by atoms with Crippen molar-refractivity contribution in [3.63, 3.8) is 0 Å². The molecular formula is C12H13F3N2O4. The quantitative estimate of drug-likeness (QED) is 0.772. The van der Waals surface area contributed by atoms with Crippen molar-refractivity contribution in [2.24, 2.45) is 0 Å². The Hall–Kier alpha value is -2.29. The molecule has 0 radical (unpaired) electrons. The number of hydrogen-bond acceptors (Lipinski definition) is 4. The molecule has 0 bridgehead atoms. The molecule has 9 heteroatoms. The minimum atomic E-state index is -4.57. The number of anilines is 2. The molecule has 0 saturated heterocycles. The van der Waals surface area contributed by atoms with Crippen LogP contribution in [0.3, 0.4) is 0 Å². The highest BCUT2D eigenvalue weighted by molar-refractivity contribution is 6.00. The Bertz CT molecular complexity index is 519. The van der Waals surface area contributed by atoms with Crippen molar-refractivity contribution in [3.8, 4) is 0 Å². The predicted octanol–water partition coefficient (Wildman–Crippen LogP) is 1.27. The molecular weight excluding hydrogens is 293 g/mol. The lowest BCUT2D eigenvalue weighted by atomic mass is 10.2. The third-order valence-corrected chi connectivity index (χ3v) is 2.31. The number of carboxylic acids is 1. The molecule has 0 aliphatic heterocycles. The molecule has 1 aromatic carbocycles. The van der Waals surface area contributed by atoms with Gasteiger partial charge >= 0.3 is 12.1 Å². The van der Waals surface area contributed by atoms with Gasteiger partial charge in [0.2, 0.25) is 0 Å². The fraction of sp³-hybridized carbons (Fsp3) is 0.333. The number of alkyl halides is 3. The van der Waals surface area contributed by atoms with E-state index >= 15 is 0 Å². The number of nitrogens with two attached hydrogens (primary N) is 1. The van der Waals surface area contributed by atoms with E-state index in [9.17, 15) is 22.8 Å². The van der Waals surface area contributed by atoms with Crippen LogP contribution in [0.15, 0.2) is 24.3 Å². The van der Waals surface area contributed by atoms with Crippen LogP contribution in [-0.4, -0.2) is 42.9 Å². The number of carbonyl (C=O) groups excluding carboxylic acids is 1. The van der Waals surface area contributed by atoms with E-state index in [2.05, 4.69) is 4.74 Å². The predicted molar refractivity (Wildman–Crippen MR) is 67.7 cm³/mol. The molecule has 0 unspecified atom stereocenters. The Morgan fingerprint density at radius 3 is 2.43 bits per heavy atom. The highest BCUT2D eigenvalue weighted by Gasteiger charge is 2.29. The number of carboxylic acid groups (broad SMARTS) is 1. The van der Waals surface area contributed by atoms with Crippen LogP contribution in [0.1, 0.15) is 0 Å². The molecule has 0 aliphatic carbocycles. The number of halogens is 3. The third-order valence-electron chi connectivity index (χ3n) is 2.31. The molecule has 1 amide bonds. The summed E-state index contributed by atoms with van der Waals surface area (Å²) < 4.78 is 40.1. The monoisotopic (exact) mass is 306 g/mol. The Morgan fingerprint density at radius 2 is 1.90 bits per heavy atom. The lowest BCUT2D eigenvalue weighted by molar-refractivity contribution is -0.175. The number of benzene rings is 1. The van der Waals surface area contributed by atoms with E-state index in [0.717, 1.165) is 4.90 Å². The molecule has 116 valence electrons. The molecule has 1 aromatic rings. The number of aliphatic carboxylic acids is 1. The summed E-state index contributed by atoms with van der Waals surface area (Å²) in [6.45, 7) is -3.23. The third kappa shape index (κ3) is 5.69. The van der Waals surface area contributed by atoms with E-state index in [-0.39, 0.29) is 11.4 Å². The van der Waals surface area contributed by atoms with Crippen LogP contribution < -0.4 is 10.6 Å². The van der Waals surface area contributed by atoms with Gasteiger partial charge in [-0.05, 0) is 12.1 Å². The normalized spacial score (nSPS) is 11.2. The van der Waals surface area contributed by atoms with E-state index in [0.29, 0.717) is 0 Å². The second-order valence-electron chi connectivity index (χ2n) is 4.04. The molecule has 0 heterocycles. The summed E-state index contributed by atoms with van der Waals surface area (Å²) in [4.78, 5) is 23.4. The first-order valence-corrected chi connectivity index (χ1v) is 5.72. The number of nitrogen functional groups attached to an aromatic ring is 1. The molecule has 1 rings (SSSR count). The Labute approximate surface area is 117 Å². The van der Waals surface area contributed by atoms with Crippen molar-refractivity contribution in [3.05, 3.63) is 24.3 Å². The molecule has 0 saturated carbocycles. The van der Waals surface area contributed by atoms with Gasteiger partial charge in [0.15, 0.2) is 0 Å². The van der Waals surface area contributed by atoms with E-state index in [1.165, 1.54) is 18.2 Å². The van der Waals surface area contributed by atoms with Gasteiger partial charge in [0.1, 0.15) is 19.8 Å². The van der Waals surface area contributed by atoms with Crippen molar-refractivity contribution < 1.29 is 32.6 Å². The number of carbonyl (C=O) groups is 2. The Balaban J connectivity index is 2.81. The van der Waals surface area contributed by atoms with E-state index in [1.807, 2.05) is 0 Å². The standard InChI is InChI=1S/C12H13F3N2O4/c13-12(14,15)7-21-6-10(18)17(5-11(19)20)9-4-2-1-3-8(9)16/h1-4H,5-7,16H2,(H,19,20). The minimum absolute atomic E-state index is 0.0977. The van der Waals surface area contributed by atoms with Gasteiger partial charge in [-0.25, -0.2) is 0 Å². The number of ether oxygens (including phenoxy) is 1. The Kier molecular flexibility index (Phi) is 5.53. The first kappa shape index (κ1) is 16.8.